The number of benzene rings is 1. The summed E-state index contributed by atoms with van der Waals surface area (Å²) in [5.41, 5.74) is 4.07. The molecule has 0 fully saturated rings. The Hall–Kier alpha value is -1.58. The van der Waals surface area contributed by atoms with Gasteiger partial charge in [-0.1, -0.05) is 19.1 Å². The van der Waals surface area contributed by atoms with Crippen molar-refractivity contribution < 1.29 is 0 Å². The fourth-order valence-electron chi connectivity index (χ4n) is 2.42. The predicted molar refractivity (Wildman–Crippen MR) is 82.7 cm³/mol. The van der Waals surface area contributed by atoms with Gasteiger partial charge in [-0.25, -0.2) is 0 Å². The van der Waals surface area contributed by atoms with Crippen LogP contribution in [0.2, 0.25) is 0 Å². The fraction of sp³-hybridized carbons (Fsp3) is 0.250. The Bertz CT molecular complexity index is 653. The standard InChI is InChI=1S/C16H18N2S/c1-2-17-10-14-4-3-5-16-15(14)6-8-18(16)11-13-7-9-19-12-13/h3-9,12,17H,2,10-11H2,1H3. The molecule has 2 nitrogen and oxygen atoms in total. The molecule has 0 bridgehead atoms. The van der Waals surface area contributed by atoms with Crippen molar-refractivity contribution in [1.29, 1.82) is 0 Å². The molecule has 2 aromatic heterocycles. The fourth-order valence-corrected chi connectivity index (χ4v) is 3.08. The zero-order chi connectivity index (χ0) is 13.1. The summed E-state index contributed by atoms with van der Waals surface area (Å²) in [6.07, 6.45) is 2.19. The molecular weight excluding hydrogens is 252 g/mol. The van der Waals surface area contributed by atoms with Gasteiger partial charge in [-0.15, -0.1) is 0 Å². The van der Waals surface area contributed by atoms with Crippen molar-refractivity contribution in [2.45, 2.75) is 20.0 Å². The van der Waals surface area contributed by atoms with Gasteiger partial charge in [-0.05, 0) is 46.6 Å². The lowest BCUT2D eigenvalue weighted by Crippen LogP contribution is -2.11. The minimum Gasteiger partial charge on any atom is -0.343 e. The van der Waals surface area contributed by atoms with Gasteiger partial charge in [-0.3, -0.25) is 0 Å². The van der Waals surface area contributed by atoms with Gasteiger partial charge >= 0.3 is 0 Å². The highest BCUT2D eigenvalue weighted by Gasteiger charge is 2.05. The van der Waals surface area contributed by atoms with E-state index in [2.05, 4.69) is 64.1 Å². The van der Waals surface area contributed by atoms with Crippen LogP contribution >= 0.6 is 11.3 Å². The van der Waals surface area contributed by atoms with Crippen molar-refractivity contribution in [1.82, 2.24) is 9.88 Å². The Morgan fingerprint density at radius 3 is 2.95 bits per heavy atom. The van der Waals surface area contributed by atoms with Crippen LogP contribution in [0.1, 0.15) is 18.1 Å². The average Bonchev–Trinajstić information content (AvgIpc) is 3.07. The van der Waals surface area contributed by atoms with Crippen molar-refractivity contribution in [3.05, 3.63) is 58.4 Å². The Balaban J connectivity index is 1.94. The smallest absolute Gasteiger partial charge is 0.0486 e. The van der Waals surface area contributed by atoms with E-state index in [1.165, 1.54) is 22.0 Å². The molecule has 0 aliphatic carbocycles. The summed E-state index contributed by atoms with van der Waals surface area (Å²) < 4.78 is 2.33. The van der Waals surface area contributed by atoms with Crippen LogP contribution in [0.4, 0.5) is 0 Å². The van der Waals surface area contributed by atoms with Crippen molar-refractivity contribution in [3.63, 3.8) is 0 Å². The van der Waals surface area contributed by atoms with Gasteiger partial charge in [-0.2, -0.15) is 11.3 Å². The second kappa shape index (κ2) is 5.59. The monoisotopic (exact) mass is 270 g/mol. The first kappa shape index (κ1) is 12.5. The van der Waals surface area contributed by atoms with E-state index < -0.39 is 0 Å². The summed E-state index contributed by atoms with van der Waals surface area (Å²) in [5, 5.41) is 9.12. The molecule has 0 radical (unpaired) electrons. The SMILES string of the molecule is CCNCc1cccc2c1ccn2Cc1ccsc1. The van der Waals surface area contributed by atoms with E-state index in [1.807, 2.05) is 0 Å². The number of aromatic nitrogens is 1. The van der Waals surface area contributed by atoms with E-state index in [-0.39, 0.29) is 0 Å². The maximum absolute atomic E-state index is 3.40. The normalized spacial score (nSPS) is 11.2. The van der Waals surface area contributed by atoms with Crippen LogP contribution in [0.5, 0.6) is 0 Å². The second-order valence-corrected chi connectivity index (χ2v) is 5.49. The van der Waals surface area contributed by atoms with E-state index in [9.17, 15) is 0 Å². The van der Waals surface area contributed by atoms with Gasteiger partial charge in [0, 0.05) is 30.2 Å². The van der Waals surface area contributed by atoms with Gasteiger partial charge < -0.3 is 9.88 Å². The van der Waals surface area contributed by atoms with Gasteiger partial charge in [0.2, 0.25) is 0 Å². The third-order valence-electron chi connectivity index (χ3n) is 3.40. The molecule has 0 saturated carbocycles. The molecule has 3 aromatic rings. The highest BCUT2D eigenvalue weighted by Crippen LogP contribution is 2.21. The van der Waals surface area contributed by atoms with Gasteiger partial charge in [0.25, 0.3) is 0 Å². The third kappa shape index (κ3) is 2.57. The van der Waals surface area contributed by atoms with Crippen molar-refractivity contribution in [2.75, 3.05) is 6.54 Å². The molecule has 0 aliphatic rings. The summed E-state index contributed by atoms with van der Waals surface area (Å²) in [5.74, 6) is 0. The van der Waals surface area contributed by atoms with Crippen molar-refractivity contribution in [2.24, 2.45) is 0 Å². The lowest BCUT2D eigenvalue weighted by molar-refractivity contribution is 0.730. The number of fused-ring (bicyclic) bond motifs is 1. The number of hydrogen-bond donors (Lipinski definition) is 1. The predicted octanol–water partition coefficient (Wildman–Crippen LogP) is 3.86. The molecule has 98 valence electrons. The van der Waals surface area contributed by atoms with Crippen LogP contribution in [-0.4, -0.2) is 11.1 Å². The number of nitrogens with zero attached hydrogens (tertiary/aromatic N) is 1. The molecule has 19 heavy (non-hydrogen) atoms. The summed E-state index contributed by atoms with van der Waals surface area (Å²) >= 11 is 1.76. The first-order valence-corrected chi connectivity index (χ1v) is 7.61. The summed E-state index contributed by atoms with van der Waals surface area (Å²) in [4.78, 5) is 0. The maximum atomic E-state index is 3.40. The van der Waals surface area contributed by atoms with E-state index in [0.29, 0.717) is 0 Å². The van der Waals surface area contributed by atoms with Crippen LogP contribution in [0.3, 0.4) is 0 Å². The van der Waals surface area contributed by atoms with E-state index in [4.69, 9.17) is 0 Å². The molecule has 3 rings (SSSR count). The molecular formula is C16H18N2S. The summed E-state index contributed by atoms with van der Waals surface area (Å²) in [6.45, 7) is 5.04. The molecule has 1 N–H and O–H groups in total. The lowest BCUT2D eigenvalue weighted by atomic mass is 10.1. The van der Waals surface area contributed by atoms with Crippen molar-refractivity contribution in [3.8, 4) is 0 Å². The van der Waals surface area contributed by atoms with Crippen LogP contribution in [-0.2, 0) is 13.1 Å². The topological polar surface area (TPSA) is 17.0 Å². The Kier molecular flexibility index (Phi) is 3.67. The first-order chi connectivity index (χ1) is 9.38. The Morgan fingerprint density at radius 2 is 2.16 bits per heavy atom. The average molecular weight is 270 g/mol. The molecule has 1 aromatic carbocycles. The zero-order valence-corrected chi connectivity index (χ0v) is 11.9. The van der Waals surface area contributed by atoms with Gasteiger partial charge in [0.15, 0.2) is 0 Å². The number of hydrogen-bond acceptors (Lipinski definition) is 2. The quantitative estimate of drug-likeness (QED) is 0.745. The van der Waals surface area contributed by atoms with E-state index >= 15 is 0 Å². The highest BCUT2D eigenvalue weighted by molar-refractivity contribution is 7.07. The highest BCUT2D eigenvalue weighted by atomic mass is 32.1. The molecule has 0 unspecified atom stereocenters. The molecule has 3 heteroatoms. The molecule has 0 spiro atoms. The molecule has 0 atom stereocenters. The second-order valence-electron chi connectivity index (χ2n) is 4.71. The minimum atomic E-state index is 0.941. The number of thiophene rings is 1. The van der Waals surface area contributed by atoms with Gasteiger partial charge in [0.05, 0.1) is 0 Å². The Morgan fingerprint density at radius 1 is 1.21 bits per heavy atom. The zero-order valence-electron chi connectivity index (χ0n) is 11.1. The first-order valence-electron chi connectivity index (χ1n) is 6.67. The summed E-state index contributed by atoms with van der Waals surface area (Å²) in [7, 11) is 0. The van der Waals surface area contributed by atoms with Crippen molar-refractivity contribution >= 4 is 22.2 Å². The largest absolute Gasteiger partial charge is 0.343 e. The number of nitrogens with one attached hydrogen (secondary N) is 1. The van der Waals surface area contributed by atoms with E-state index in [0.717, 1.165) is 19.6 Å². The summed E-state index contributed by atoms with van der Waals surface area (Å²) in [6, 6.07) is 11.0. The van der Waals surface area contributed by atoms with E-state index in [1.54, 1.807) is 11.3 Å². The minimum absolute atomic E-state index is 0.941. The lowest BCUT2D eigenvalue weighted by Gasteiger charge is -2.07. The van der Waals surface area contributed by atoms with Gasteiger partial charge in [0.1, 0.15) is 0 Å². The molecule has 0 aliphatic heterocycles. The third-order valence-corrected chi connectivity index (χ3v) is 4.13. The van der Waals surface area contributed by atoms with Crippen LogP contribution in [0, 0.1) is 0 Å². The Labute approximate surface area is 117 Å². The molecule has 0 saturated heterocycles. The van der Waals surface area contributed by atoms with Crippen LogP contribution < -0.4 is 5.32 Å². The molecule has 0 amide bonds. The molecule has 2 heterocycles. The van der Waals surface area contributed by atoms with Crippen LogP contribution in [0.25, 0.3) is 10.9 Å². The maximum Gasteiger partial charge on any atom is 0.0486 e. The van der Waals surface area contributed by atoms with Crippen LogP contribution in [0.15, 0.2) is 47.3 Å². The number of rotatable bonds is 5.